The van der Waals surface area contributed by atoms with Gasteiger partial charge >= 0.3 is 5.97 Å². The summed E-state index contributed by atoms with van der Waals surface area (Å²) in [7, 11) is 0. The third kappa shape index (κ3) is 6.18. The SMILES string of the molecule is O=C(COc1ccc(/C=C2\SC(=S)N(c3ccc([N+](=O)[O-])cc3)C2=O)cc1)Nc1ccc(C(=O)O)cc1. The van der Waals surface area contributed by atoms with Gasteiger partial charge in [-0.25, -0.2) is 4.79 Å². The molecular formula is C25H17N3O7S2. The van der Waals surface area contributed by atoms with Gasteiger partial charge in [0.2, 0.25) is 0 Å². The highest BCUT2D eigenvalue weighted by Gasteiger charge is 2.33. The number of non-ortho nitro benzene ring substituents is 1. The Labute approximate surface area is 219 Å². The number of nitrogens with zero attached hydrogens (tertiary/aromatic N) is 2. The molecule has 1 aliphatic rings. The Balaban J connectivity index is 1.35. The van der Waals surface area contributed by atoms with Crippen molar-refractivity contribution in [2.45, 2.75) is 0 Å². The Morgan fingerprint density at radius 3 is 2.30 bits per heavy atom. The van der Waals surface area contributed by atoms with E-state index in [1.54, 1.807) is 30.3 Å². The van der Waals surface area contributed by atoms with Crippen LogP contribution in [0.5, 0.6) is 5.75 Å². The number of carbonyl (C=O) groups excluding carboxylic acids is 2. The van der Waals surface area contributed by atoms with Gasteiger partial charge in [0.25, 0.3) is 17.5 Å². The minimum atomic E-state index is -1.05. The molecule has 0 atom stereocenters. The molecule has 1 saturated heterocycles. The number of hydrogen-bond acceptors (Lipinski definition) is 8. The molecule has 0 aromatic heterocycles. The van der Waals surface area contributed by atoms with Gasteiger partial charge in [0, 0.05) is 17.8 Å². The number of carboxylic acids is 1. The molecule has 12 heteroatoms. The van der Waals surface area contributed by atoms with Crippen LogP contribution in [0.2, 0.25) is 0 Å². The molecule has 0 unspecified atom stereocenters. The van der Waals surface area contributed by atoms with E-state index < -0.39 is 16.8 Å². The van der Waals surface area contributed by atoms with Gasteiger partial charge in [0.15, 0.2) is 10.9 Å². The maximum absolute atomic E-state index is 12.9. The molecule has 37 heavy (non-hydrogen) atoms. The number of amides is 2. The minimum absolute atomic E-state index is 0.0843. The third-order valence-electron chi connectivity index (χ3n) is 5.08. The summed E-state index contributed by atoms with van der Waals surface area (Å²) in [6, 6.07) is 18.0. The molecule has 1 aliphatic heterocycles. The van der Waals surface area contributed by atoms with E-state index in [9.17, 15) is 24.5 Å². The first kappa shape index (κ1) is 25.5. The van der Waals surface area contributed by atoms with Crippen LogP contribution in [0.1, 0.15) is 15.9 Å². The monoisotopic (exact) mass is 535 g/mol. The molecule has 2 N–H and O–H groups in total. The quantitative estimate of drug-likeness (QED) is 0.182. The Kier molecular flexibility index (Phi) is 7.60. The van der Waals surface area contributed by atoms with E-state index in [4.69, 9.17) is 22.1 Å². The van der Waals surface area contributed by atoms with Crippen LogP contribution in [-0.4, -0.2) is 38.7 Å². The van der Waals surface area contributed by atoms with E-state index in [-0.39, 0.29) is 23.8 Å². The van der Waals surface area contributed by atoms with Gasteiger partial charge in [-0.3, -0.25) is 24.6 Å². The molecule has 2 amide bonds. The number of thiocarbonyl (C=S) groups is 1. The van der Waals surface area contributed by atoms with E-state index in [1.165, 1.54) is 53.4 Å². The van der Waals surface area contributed by atoms with E-state index in [1.807, 2.05) is 0 Å². The molecule has 0 aliphatic carbocycles. The van der Waals surface area contributed by atoms with Crippen LogP contribution in [0, 0.1) is 10.1 Å². The van der Waals surface area contributed by atoms with E-state index in [0.29, 0.717) is 31.9 Å². The Morgan fingerprint density at radius 2 is 1.70 bits per heavy atom. The molecule has 1 heterocycles. The summed E-state index contributed by atoms with van der Waals surface area (Å²) in [5, 5.41) is 22.4. The third-order valence-corrected chi connectivity index (χ3v) is 6.38. The van der Waals surface area contributed by atoms with Crippen molar-refractivity contribution in [1.82, 2.24) is 0 Å². The Morgan fingerprint density at radius 1 is 1.05 bits per heavy atom. The van der Waals surface area contributed by atoms with Gasteiger partial charge in [-0.2, -0.15) is 0 Å². The zero-order chi connectivity index (χ0) is 26.5. The van der Waals surface area contributed by atoms with Crippen LogP contribution in [0.15, 0.2) is 77.7 Å². The average molecular weight is 536 g/mol. The van der Waals surface area contributed by atoms with Crippen LogP contribution in [0.25, 0.3) is 6.08 Å². The smallest absolute Gasteiger partial charge is 0.335 e. The first-order valence-electron chi connectivity index (χ1n) is 10.6. The van der Waals surface area contributed by atoms with Crippen molar-refractivity contribution in [2.24, 2.45) is 0 Å². The Hall–Kier alpha value is -4.55. The lowest BCUT2D eigenvalue weighted by Gasteiger charge is -2.13. The number of hydrogen-bond donors (Lipinski definition) is 2. The van der Waals surface area contributed by atoms with Gasteiger partial charge < -0.3 is 15.2 Å². The number of anilines is 2. The first-order chi connectivity index (χ1) is 17.7. The molecular weight excluding hydrogens is 518 g/mol. The number of nitro groups is 1. The summed E-state index contributed by atoms with van der Waals surface area (Å²) < 4.78 is 5.80. The van der Waals surface area contributed by atoms with Crippen LogP contribution in [-0.2, 0) is 9.59 Å². The number of ether oxygens (including phenoxy) is 1. The van der Waals surface area contributed by atoms with Gasteiger partial charge in [0.05, 0.1) is 21.1 Å². The fraction of sp³-hybridized carbons (Fsp3) is 0.0400. The van der Waals surface area contributed by atoms with Gasteiger partial charge in [-0.1, -0.05) is 36.1 Å². The van der Waals surface area contributed by atoms with Crippen molar-refractivity contribution in [2.75, 3.05) is 16.8 Å². The second kappa shape index (κ2) is 11.0. The van der Waals surface area contributed by atoms with Crippen molar-refractivity contribution >= 4 is 69.2 Å². The van der Waals surface area contributed by atoms with Crippen molar-refractivity contribution in [1.29, 1.82) is 0 Å². The fourth-order valence-corrected chi connectivity index (χ4v) is 4.57. The van der Waals surface area contributed by atoms with Crippen LogP contribution >= 0.6 is 24.0 Å². The van der Waals surface area contributed by atoms with E-state index in [0.717, 1.165) is 11.8 Å². The molecule has 1 fully saturated rings. The second-order valence-corrected chi connectivity index (χ2v) is 9.25. The Bertz CT molecular complexity index is 1420. The molecule has 10 nitrogen and oxygen atoms in total. The first-order valence-corrected chi connectivity index (χ1v) is 11.8. The number of benzene rings is 3. The molecule has 0 radical (unpaired) electrons. The predicted molar refractivity (Wildman–Crippen MR) is 143 cm³/mol. The van der Waals surface area contributed by atoms with Crippen molar-refractivity contribution < 1.29 is 29.2 Å². The number of thioether (sulfide) groups is 1. The lowest BCUT2D eigenvalue weighted by Crippen LogP contribution is -2.27. The van der Waals surface area contributed by atoms with E-state index >= 15 is 0 Å². The van der Waals surface area contributed by atoms with Crippen LogP contribution in [0.4, 0.5) is 17.1 Å². The lowest BCUT2D eigenvalue weighted by atomic mass is 10.2. The van der Waals surface area contributed by atoms with Crippen LogP contribution < -0.4 is 15.0 Å². The molecule has 3 aromatic rings. The van der Waals surface area contributed by atoms with Crippen molar-refractivity contribution in [3.05, 3.63) is 98.9 Å². The standard InChI is InChI=1S/C25H17N3O7S2/c29-22(26-17-5-3-16(4-6-17)24(31)32)14-35-20-11-1-15(2-12-20)13-21-23(30)27(25(36)37-21)18-7-9-19(10-8-18)28(33)34/h1-13H,14H2,(H,26,29)(H,31,32)/b21-13-. The largest absolute Gasteiger partial charge is 0.484 e. The molecule has 0 spiro atoms. The number of carboxylic acid groups (broad SMARTS) is 1. The number of nitro benzene ring substituents is 1. The number of nitrogens with one attached hydrogen (secondary N) is 1. The number of aromatic carboxylic acids is 1. The molecule has 0 bridgehead atoms. The normalized spacial score (nSPS) is 14.1. The zero-order valence-electron chi connectivity index (χ0n) is 18.8. The summed E-state index contributed by atoms with van der Waals surface area (Å²) in [6.07, 6.45) is 1.67. The number of rotatable bonds is 8. The summed E-state index contributed by atoms with van der Waals surface area (Å²) in [4.78, 5) is 48.0. The van der Waals surface area contributed by atoms with Gasteiger partial charge in [0.1, 0.15) is 5.75 Å². The molecule has 4 rings (SSSR count). The minimum Gasteiger partial charge on any atom is -0.484 e. The highest BCUT2D eigenvalue weighted by molar-refractivity contribution is 8.27. The van der Waals surface area contributed by atoms with E-state index in [2.05, 4.69) is 5.32 Å². The van der Waals surface area contributed by atoms with Crippen molar-refractivity contribution in [3.63, 3.8) is 0 Å². The maximum atomic E-state index is 12.9. The molecule has 186 valence electrons. The van der Waals surface area contributed by atoms with Gasteiger partial charge in [-0.05, 0) is 60.2 Å². The highest BCUT2D eigenvalue weighted by Crippen LogP contribution is 2.36. The summed E-state index contributed by atoms with van der Waals surface area (Å²) in [5.74, 6) is -1.37. The topological polar surface area (TPSA) is 139 Å². The highest BCUT2D eigenvalue weighted by atomic mass is 32.2. The number of carbonyl (C=O) groups is 3. The molecule has 3 aromatic carbocycles. The zero-order valence-corrected chi connectivity index (χ0v) is 20.5. The predicted octanol–water partition coefficient (Wildman–Crippen LogP) is 4.72. The molecule has 0 saturated carbocycles. The summed E-state index contributed by atoms with van der Waals surface area (Å²) in [5.41, 5.74) is 1.62. The van der Waals surface area contributed by atoms with Crippen LogP contribution in [0.3, 0.4) is 0 Å². The van der Waals surface area contributed by atoms with Gasteiger partial charge in [-0.15, -0.1) is 0 Å². The fourth-order valence-electron chi connectivity index (χ4n) is 3.27. The lowest BCUT2D eigenvalue weighted by molar-refractivity contribution is -0.384. The summed E-state index contributed by atoms with van der Waals surface area (Å²) in [6.45, 7) is -0.256. The maximum Gasteiger partial charge on any atom is 0.335 e. The summed E-state index contributed by atoms with van der Waals surface area (Å²) >= 11 is 6.45. The average Bonchev–Trinajstić information content (AvgIpc) is 3.16. The second-order valence-electron chi connectivity index (χ2n) is 7.58. The van der Waals surface area contributed by atoms with Crippen molar-refractivity contribution in [3.8, 4) is 5.75 Å².